The number of para-hydroxylation sites is 1. The number of nitrogens with one attached hydrogen (secondary N) is 1. The largest absolute Gasteiger partial charge is 0.368 e. The van der Waals surface area contributed by atoms with Crippen LogP contribution in [0.3, 0.4) is 0 Å². The molecular formula is C25H26N4O3. The van der Waals surface area contributed by atoms with Crippen LogP contribution in [0.4, 0.5) is 10.5 Å². The molecule has 2 aliphatic heterocycles. The Balaban J connectivity index is 1.51. The number of imide groups is 2. The summed E-state index contributed by atoms with van der Waals surface area (Å²) < 4.78 is 0. The van der Waals surface area contributed by atoms with E-state index in [4.69, 9.17) is 0 Å². The van der Waals surface area contributed by atoms with Gasteiger partial charge in [-0.15, -0.1) is 6.58 Å². The molecule has 2 fully saturated rings. The first-order chi connectivity index (χ1) is 15.6. The van der Waals surface area contributed by atoms with E-state index in [0.717, 1.165) is 48.9 Å². The number of rotatable bonds is 6. The lowest BCUT2D eigenvalue weighted by Crippen LogP contribution is -2.54. The smallest absolute Gasteiger partial charge is 0.331 e. The van der Waals surface area contributed by atoms with Crippen LogP contribution in [0, 0.1) is 0 Å². The fourth-order valence-corrected chi connectivity index (χ4v) is 4.03. The summed E-state index contributed by atoms with van der Waals surface area (Å²) in [6.45, 7) is 8.05. The van der Waals surface area contributed by atoms with Gasteiger partial charge in [-0.3, -0.25) is 24.7 Å². The molecule has 164 valence electrons. The van der Waals surface area contributed by atoms with Crippen LogP contribution in [-0.4, -0.2) is 60.4 Å². The highest BCUT2D eigenvalue weighted by Crippen LogP contribution is 2.26. The lowest BCUT2D eigenvalue weighted by atomic mass is 10.0. The van der Waals surface area contributed by atoms with Crippen molar-refractivity contribution in [3.8, 4) is 0 Å². The first-order valence-corrected chi connectivity index (χ1v) is 10.7. The maximum atomic E-state index is 12.8. The van der Waals surface area contributed by atoms with Gasteiger partial charge in [0.1, 0.15) is 5.57 Å². The fraction of sp³-hybridized carbons (Fsp3) is 0.240. The van der Waals surface area contributed by atoms with Gasteiger partial charge in [0.05, 0.1) is 0 Å². The Morgan fingerprint density at radius 1 is 0.906 bits per heavy atom. The predicted molar refractivity (Wildman–Crippen MR) is 124 cm³/mol. The molecule has 0 bridgehead atoms. The number of carbonyl (C=O) groups is 3. The van der Waals surface area contributed by atoms with Gasteiger partial charge < -0.3 is 4.90 Å². The number of benzene rings is 2. The quantitative estimate of drug-likeness (QED) is 0.433. The number of amides is 4. The molecule has 0 radical (unpaired) electrons. The number of nitrogens with zero attached hydrogens (tertiary/aromatic N) is 3. The van der Waals surface area contributed by atoms with Crippen LogP contribution in [0.2, 0.25) is 0 Å². The standard InChI is InChI=1S/C25H26N4O3/c1-2-12-29-24(31)21(23(30)26-25(29)32)17-20-10-6-7-11-22(20)28-15-13-27(14-16-28)18-19-8-4-3-5-9-19/h2-11,17H,1,12-16,18H2,(H,26,30,32). The van der Waals surface area contributed by atoms with Gasteiger partial charge in [0.15, 0.2) is 0 Å². The second-order valence-corrected chi connectivity index (χ2v) is 7.83. The molecular weight excluding hydrogens is 404 g/mol. The van der Waals surface area contributed by atoms with Crippen molar-refractivity contribution in [2.75, 3.05) is 37.6 Å². The summed E-state index contributed by atoms with van der Waals surface area (Å²) in [5, 5.41) is 2.23. The topological polar surface area (TPSA) is 73.0 Å². The zero-order chi connectivity index (χ0) is 22.5. The highest BCUT2D eigenvalue weighted by atomic mass is 16.2. The second kappa shape index (κ2) is 9.62. The summed E-state index contributed by atoms with van der Waals surface area (Å²) in [5.74, 6) is -1.29. The van der Waals surface area contributed by atoms with E-state index in [0.29, 0.717) is 0 Å². The zero-order valence-electron chi connectivity index (χ0n) is 17.9. The van der Waals surface area contributed by atoms with Gasteiger partial charge in [-0.2, -0.15) is 0 Å². The van der Waals surface area contributed by atoms with Crippen molar-refractivity contribution in [2.45, 2.75) is 6.54 Å². The van der Waals surface area contributed by atoms with Crippen LogP contribution in [0.1, 0.15) is 11.1 Å². The lowest BCUT2D eigenvalue weighted by molar-refractivity contribution is -0.129. The minimum Gasteiger partial charge on any atom is -0.368 e. The summed E-state index contributed by atoms with van der Waals surface area (Å²) >= 11 is 0. The Morgan fingerprint density at radius 3 is 2.31 bits per heavy atom. The minimum absolute atomic E-state index is 0.0420. The van der Waals surface area contributed by atoms with Crippen LogP contribution in [0.15, 0.2) is 72.8 Å². The molecule has 2 aromatic carbocycles. The molecule has 32 heavy (non-hydrogen) atoms. The van der Waals surface area contributed by atoms with Crippen molar-refractivity contribution in [3.05, 3.63) is 84.0 Å². The van der Waals surface area contributed by atoms with E-state index in [1.54, 1.807) is 6.08 Å². The zero-order valence-corrected chi connectivity index (χ0v) is 17.9. The minimum atomic E-state index is -0.722. The van der Waals surface area contributed by atoms with Gasteiger partial charge >= 0.3 is 6.03 Å². The number of piperazine rings is 1. The molecule has 4 rings (SSSR count). The van der Waals surface area contributed by atoms with Gasteiger partial charge in [-0.05, 0) is 23.3 Å². The van der Waals surface area contributed by atoms with Gasteiger partial charge in [-0.25, -0.2) is 4.79 Å². The number of hydrogen-bond acceptors (Lipinski definition) is 5. The van der Waals surface area contributed by atoms with Crippen molar-refractivity contribution in [3.63, 3.8) is 0 Å². The number of urea groups is 1. The van der Waals surface area contributed by atoms with E-state index in [1.807, 2.05) is 30.3 Å². The molecule has 1 N–H and O–H groups in total. The Bertz CT molecular complexity index is 1060. The molecule has 0 aromatic heterocycles. The number of carbonyl (C=O) groups excluding carboxylic acids is 3. The third-order valence-corrected chi connectivity index (χ3v) is 5.70. The average molecular weight is 431 g/mol. The van der Waals surface area contributed by atoms with Crippen LogP contribution >= 0.6 is 0 Å². The average Bonchev–Trinajstić information content (AvgIpc) is 2.81. The molecule has 7 nitrogen and oxygen atoms in total. The molecule has 0 saturated carbocycles. The Labute approximate surface area is 187 Å². The van der Waals surface area contributed by atoms with Crippen molar-refractivity contribution in [1.29, 1.82) is 0 Å². The SMILES string of the molecule is C=CCN1C(=O)NC(=O)C(=Cc2ccccc2N2CCN(Cc3ccccc3)CC2)C1=O. The monoisotopic (exact) mass is 430 g/mol. The molecule has 7 heteroatoms. The van der Waals surface area contributed by atoms with Crippen molar-refractivity contribution >= 4 is 29.6 Å². The van der Waals surface area contributed by atoms with E-state index in [2.05, 4.69) is 46.0 Å². The summed E-state index contributed by atoms with van der Waals surface area (Å²) in [4.78, 5) is 42.8. The van der Waals surface area contributed by atoms with Crippen molar-refractivity contribution in [1.82, 2.24) is 15.1 Å². The normalized spacial score (nSPS) is 18.8. The molecule has 0 aliphatic carbocycles. The summed E-state index contributed by atoms with van der Waals surface area (Å²) in [5.41, 5.74) is 2.98. The van der Waals surface area contributed by atoms with E-state index in [1.165, 1.54) is 11.6 Å². The lowest BCUT2D eigenvalue weighted by Gasteiger charge is -2.37. The number of barbiturate groups is 1. The van der Waals surface area contributed by atoms with Crippen molar-refractivity contribution < 1.29 is 14.4 Å². The Hall–Kier alpha value is -3.71. The summed E-state index contributed by atoms with van der Waals surface area (Å²) in [6.07, 6.45) is 3.03. The molecule has 0 atom stereocenters. The van der Waals surface area contributed by atoms with Gasteiger partial charge in [0.2, 0.25) is 0 Å². The highest BCUT2D eigenvalue weighted by molar-refractivity contribution is 6.31. The molecule has 2 heterocycles. The molecule has 0 unspecified atom stereocenters. The maximum absolute atomic E-state index is 12.8. The Morgan fingerprint density at radius 2 is 1.59 bits per heavy atom. The maximum Gasteiger partial charge on any atom is 0.331 e. The second-order valence-electron chi connectivity index (χ2n) is 7.83. The number of hydrogen-bond donors (Lipinski definition) is 1. The van der Waals surface area contributed by atoms with Gasteiger partial charge in [0.25, 0.3) is 11.8 Å². The third kappa shape index (κ3) is 4.63. The van der Waals surface area contributed by atoms with Crippen LogP contribution in [-0.2, 0) is 16.1 Å². The molecule has 4 amide bonds. The molecule has 2 saturated heterocycles. The number of anilines is 1. The first-order valence-electron chi connectivity index (χ1n) is 10.7. The highest BCUT2D eigenvalue weighted by Gasteiger charge is 2.35. The van der Waals surface area contributed by atoms with Crippen LogP contribution in [0.5, 0.6) is 0 Å². The van der Waals surface area contributed by atoms with E-state index < -0.39 is 17.8 Å². The predicted octanol–water partition coefficient (Wildman–Crippen LogP) is 2.66. The molecule has 2 aliphatic rings. The summed E-state index contributed by atoms with van der Waals surface area (Å²) in [6, 6.07) is 17.4. The Kier molecular flexibility index (Phi) is 6.47. The first kappa shape index (κ1) is 21.5. The van der Waals surface area contributed by atoms with E-state index in [-0.39, 0.29) is 12.1 Å². The molecule has 0 spiro atoms. The van der Waals surface area contributed by atoms with E-state index in [9.17, 15) is 14.4 Å². The van der Waals surface area contributed by atoms with Crippen LogP contribution in [0.25, 0.3) is 6.08 Å². The fourth-order valence-electron chi connectivity index (χ4n) is 4.03. The van der Waals surface area contributed by atoms with Crippen LogP contribution < -0.4 is 10.2 Å². The van der Waals surface area contributed by atoms with Gasteiger partial charge in [-0.1, -0.05) is 54.6 Å². The molecule has 2 aromatic rings. The third-order valence-electron chi connectivity index (χ3n) is 5.70. The summed E-state index contributed by atoms with van der Waals surface area (Å²) in [7, 11) is 0. The van der Waals surface area contributed by atoms with Crippen molar-refractivity contribution in [2.24, 2.45) is 0 Å². The van der Waals surface area contributed by atoms with E-state index >= 15 is 0 Å². The van der Waals surface area contributed by atoms with Gasteiger partial charge in [0, 0.05) is 45.0 Å².